The molecule has 0 aliphatic carbocycles. The number of ether oxygens (including phenoxy) is 1. The van der Waals surface area contributed by atoms with Crippen LogP contribution in [0.2, 0.25) is 0 Å². The number of fused-ring (bicyclic) bond motifs is 1. The maximum Gasteiger partial charge on any atom is 0.348 e. The van der Waals surface area contributed by atoms with Crippen LogP contribution in [-0.4, -0.2) is 29.4 Å². The number of carbonyl (C=O) groups excluding carboxylic acids is 3. The van der Waals surface area contributed by atoms with Gasteiger partial charge in [0.05, 0.1) is 13.2 Å². The lowest BCUT2D eigenvalue weighted by molar-refractivity contribution is -0.131. The summed E-state index contributed by atoms with van der Waals surface area (Å²) in [6.45, 7) is 3.25. The highest BCUT2D eigenvalue weighted by atomic mass is 32.1. The van der Waals surface area contributed by atoms with Crippen LogP contribution >= 0.6 is 22.7 Å². The smallest absolute Gasteiger partial charge is 0.348 e. The van der Waals surface area contributed by atoms with Gasteiger partial charge in [-0.1, -0.05) is 12.1 Å². The van der Waals surface area contributed by atoms with Crippen LogP contribution in [0.1, 0.15) is 34.0 Å². The summed E-state index contributed by atoms with van der Waals surface area (Å²) in [5, 5.41) is 4.77. The fraction of sp³-hybridized carbons (Fsp3) is 0.250. The molecule has 9 heteroatoms. The van der Waals surface area contributed by atoms with Crippen molar-refractivity contribution in [3.05, 3.63) is 56.8 Å². The van der Waals surface area contributed by atoms with Crippen LogP contribution in [0.4, 0.5) is 9.18 Å². The topological polar surface area (TPSA) is 75.7 Å². The van der Waals surface area contributed by atoms with Crippen molar-refractivity contribution in [2.45, 2.75) is 25.9 Å². The molecule has 29 heavy (non-hydrogen) atoms. The minimum atomic E-state index is -1.19. The van der Waals surface area contributed by atoms with Gasteiger partial charge < -0.3 is 10.1 Å². The summed E-state index contributed by atoms with van der Waals surface area (Å²) in [6.07, 6.45) is 0. The number of imide groups is 1. The van der Waals surface area contributed by atoms with E-state index in [9.17, 15) is 18.8 Å². The molecular weight excluding hydrogens is 415 g/mol. The predicted molar refractivity (Wildman–Crippen MR) is 108 cm³/mol. The lowest BCUT2D eigenvalue weighted by Gasteiger charge is -2.20. The van der Waals surface area contributed by atoms with Crippen molar-refractivity contribution in [3.63, 3.8) is 0 Å². The third kappa shape index (κ3) is 3.10. The van der Waals surface area contributed by atoms with Gasteiger partial charge in [0.2, 0.25) is 0 Å². The summed E-state index contributed by atoms with van der Waals surface area (Å²) in [7, 11) is 0. The fourth-order valence-electron chi connectivity index (χ4n) is 3.41. The highest BCUT2D eigenvalue weighted by molar-refractivity contribution is 7.21. The van der Waals surface area contributed by atoms with E-state index in [1.54, 1.807) is 38.1 Å². The monoisotopic (exact) mass is 432 g/mol. The first-order valence-corrected chi connectivity index (χ1v) is 10.6. The van der Waals surface area contributed by atoms with Crippen LogP contribution in [0.3, 0.4) is 0 Å². The molecule has 1 unspecified atom stereocenters. The third-order valence-electron chi connectivity index (χ3n) is 4.83. The minimum Gasteiger partial charge on any atom is -0.462 e. The molecule has 4 rings (SSSR count). The number of amides is 3. The number of hydrogen-bond donors (Lipinski definition) is 1. The van der Waals surface area contributed by atoms with E-state index in [2.05, 4.69) is 5.32 Å². The van der Waals surface area contributed by atoms with Gasteiger partial charge in [-0.3, -0.25) is 9.69 Å². The number of thiophene rings is 2. The molecule has 1 saturated heterocycles. The van der Waals surface area contributed by atoms with E-state index in [4.69, 9.17) is 4.74 Å². The summed E-state index contributed by atoms with van der Waals surface area (Å²) in [6, 6.07) is 7.52. The molecule has 1 fully saturated rings. The van der Waals surface area contributed by atoms with Crippen molar-refractivity contribution in [3.8, 4) is 0 Å². The number of urea groups is 1. The van der Waals surface area contributed by atoms with Crippen molar-refractivity contribution in [2.75, 3.05) is 6.61 Å². The fourth-order valence-corrected chi connectivity index (χ4v) is 5.36. The Hall–Kier alpha value is -2.78. The molecule has 1 atom stereocenters. The van der Waals surface area contributed by atoms with Crippen molar-refractivity contribution >= 4 is 50.7 Å². The number of benzene rings is 1. The lowest BCUT2D eigenvalue weighted by Crippen LogP contribution is -2.40. The number of halogens is 1. The number of rotatable bonds is 5. The number of carbonyl (C=O) groups is 3. The number of hydrogen-bond acceptors (Lipinski definition) is 6. The number of nitrogens with one attached hydrogen (secondary N) is 1. The molecule has 1 aliphatic heterocycles. The standard InChI is InChI=1S/C20H17FN2O4S2/c1-3-27-17(24)16-11(15-12(21)6-4-7-13(15)29-16)10-23-18(25)20(2,22-19(23)26)14-8-5-9-28-14/h4-9H,3,10H2,1-2H3,(H,22,26). The SMILES string of the molecule is CCOC(=O)c1sc2cccc(F)c2c1CN1C(=O)NC(C)(c2cccs2)C1=O. The first kappa shape index (κ1) is 19.5. The zero-order chi connectivity index (χ0) is 20.8. The summed E-state index contributed by atoms with van der Waals surface area (Å²) in [4.78, 5) is 40.2. The van der Waals surface area contributed by atoms with E-state index in [1.165, 1.54) is 17.4 Å². The number of nitrogens with zero attached hydrogens (tertiary/aromatic N) is 1. The van der Waals surface area contributed by atoms with Crippen molar-refractivity contribution in [2.24, 2.45) is 0 Å². The molecule has 1 aliphatic rings. The summed E-state index contributed by atoms with van der Waals surface area (Å²) >= 11 is 2.45. The van der Waals surface area contributed by atoms with Gasteiger partial charge in [-0.15, -0.1) is 22.7 Å². The Morgan fingerprint density at radius 1 is 1.28 bits per heavy atom. The van der Waals surface area contributed by atoms with Crippen molar-refractivity contribution in [1.29, 1.82) is 0 Å². The Morgan fingerprint density at radius 2 is 2.07 bits per heavy atom. The van der Waals surface area contributed by atoms with Crippen molar-refractivity contribution in [1.82, 2.24) is 10.2 Å². The normalized spacial score (nSPS) is 19.1. The average molecular weight is 432 g/mol. The molecular formula is C20H17FN2O4S2. The molecule has 6 nitrogen and oxygen atoms in total. The van der Waals surface area contributed by atoms with Crippen LogP contribution in [0, 0.1) is 5.82 Å². The number of esters is 1. The third-order valence-corrected chi connectivity index (χ3v) is 7.10. The Bertz CT molecular complexity index is 1130. The largest absolute Gasteiger partial charge is 0.462 e. The molecule has 0 radical (unpaired) electrons. The van der Waals surface area contributed by atoms with Crippen LogP contribution < -0.4 is 5.32 Å². The first-order chi connectivity index (χ1) is 13.9. The summed E-state index contributed by atoms with van der Waals surface area (Å²) in [5.41, 5.74) is -0.917. The molecule has 2 aromatic heterocycles. The van der Waals surface area contributed by atoms with Crippen molar-refractivity contribution < 1.29 is 23.5 Å². The van der Waals surface area contributed by atoms with Gasteiger partial charge >= 0.3 is 12.0 Å². The summed E-state index contributed by atoms with van der Waals surface area (Å²) < 4.78 is 20.3. The maximum atomic E-state index is 14.6. The Morgan fingerprint density at radius 3 is 2.76 bits per heavy atom. The molecule has 0 spiro atoms. The highest BCUT2D eigenvalue weighted by Gasteiger charge is 2.50. The maximum absolute atomic E-state index is 14.6. The van der Waals surface area contributed by atoms with Crippen LogP contribution in [-0.2, 0) is 21.6 Å². The zero-order valence-corrected chi connectivity index (χ0v) is 17.3. The molecule has 0 bridgehead atoms. The second kappa shape index (κ2) is 7.23. The van der Waals surface area contributed by atoms with Gasteiger partial charge in [-0.2, -0.15) is 0 Å². The van der Waals surface area contributed by atoms with Gasteiger partial charge in [0, 0.05) is 20.5 Å². The molecule has 0 saturated carbocycles. The molecule has 3 aromatic rings. The van der Waals surface area contributed by atoms with E-state index in [0.29, 0.717) is 9.58 Å². The molecule has 150 valence electrons. The van der Waals surface area contributed by atoms with E-state index in [1.807, 2.05) is 5.38 Å². The second-order valence-electron chi connectivity index (χ2n) is 6.67. The van der Waals surface area contributed by atoms with Gasteiger partial charge in [0.1, 0.15) is 10.7 Å². The van der Waals surface area contributed by atoms with E-state index < -0.39 is 29.3 Å². The first-order valence-electron chi connectivity index (χ1n) is 8.92. The van der Waals surface area contributed by atoms with Gasteiger partial charge in [0.15, 0.2) is 5.54 Å². The van der Waals surface area contributed by atoms with Crippen LogP contribution in [0.5, 0.6) is 0 Å². The molecule has 3 amide bonds. The van der Waals surface area contributed by atoms with Gasteiger partial charge in [-0.05, 0) is 37.4 Å². The highest BCUT2D eigenvalue weighted by Crippen LogP contribution is 2.37. The van der Waals surface area contributed by atoms with E-state index >= 15 is 0 Å². The molecule has 1 N–H and O–H groups in total. The second-order valence-corrected chi connectivity index (χ2v) is 8.67. The van der Waals surface area contributed by atoms with E-state index in [-0.39, 0.29) is 29.0 Å². The van der Waals surface area contributed by atoms with E-state index in [0.717, 1.165) is 16.2 Å². The minimum absolute atomic E-state index is 0.161. The Kier molecular flexibility index (Phi) is 4.87. The van der Waals surface area contributed by atoms with Crippen LogP contribution in [0.25, 0.3) is 10.1 Å². The molecule has 3 heterocycles. The van der Waals surface area contributed by atoms with Gasteiger partial charge in [0.25, 0.3) is 5.91 Å². The lowest BCUT2D eigenvalue weighted by atomic mass is 10.0. The van der Waals surface area contributed by atoms with Crippen LogP contribution in [0.15, 0.2) is 35.7 Å². The Labute approximate surface area is 173 Å². The predicted octanol–water partition coefficient (Wildman–Crippen LogP) is 4.25. The average Bonchev–Trinajstić information content (AvgIpc) is 3.38. The Balaban J connectivity index is 1.78. The van der Waals surface area contributed by atoms with Gasteiger partial charge in [-0.25, -0.2) is 14.0 Å². The quantitative estimate of drug-likeness (QED) is 0.483. The molecule has 1 aromatic carbocycles. The zero-order valence-electron chi connectivity index (χ0n) is 15.7. The summed E-state index contributed by atoms with van der Waals surface area (Å²) in [5.74, 6) is -1.57.